The van der Waals surface area contributed by atoms with E-state index in [-0.39, 0.29) is 22.6 Å². The molecule has 0 radical (unpaired) electrons. The molecular formula is C19H12FN5O4. The van der Waals surface area contributed by atoms with Crippen LogP contribution in [-0.4, -0.2) is 30.7 Å². The SMILES string of the molecule is O=C(Nc1ccc(-c2nc3ccc([N+](=O)[O-])cc3n2O)nc1)c1ccc(F)cc1. The van der Waals surface area contributed by atoms with Crippen molar-refractivity contribution in [3.63, 3.8) is 0 Å². The Labute approximate surface area is 162 Å². The molecule has 0 fully saturated rings. The van der Waals surface area contributed by atoms with Crippen molar-refractivity contribution in [3.8, 4) is 11.5 Å². The highest BCUT2D eigenvalue weighted by Crippen LogP contribution is 2.26. The van der Waals surface area contributed by atoms with Crippen molar-refractivity contribution in [2.24, 2.45) is 0 Å². The van der Waals surface area contributed by atoms with Crippen LogP contribution in [0.25, 0.3) is 22.6 Å². The van der Waals surface area contributed by atoms with Gasteiger partial charge in [-0.1, -0.05) is 0 Å². The van der Waals surface area contributed by atoms with Crippen LogP contribution >= 0.6 is 0 Å². The van der Waals surface area contributed by atoms with Gasteiger partial charge in [-0.25, -0.2) is 9.37 Å². The third kappa shape index (κ3) is 3.46. The maximum absolute atomic E-state index is 13.0. The Morgan fingerprint density at radius 2 is 1.90 bits per heavy atom. The average molecular weight is 393 g/mol. The Morgan fingerprint density at radius 3 is 2.55 bits per heavy atom. The van der Waals surface area contributed by atoms with Gasteiger partial charge in [0.2, 0.25) is 0 Å². The number of carbonyl (C=O) groups is 1. The fourth-order valence-corrected chi connectivity index (χ4v) is 2.74. The second-order valence-corrected chi connectivity index (χ2v) is 6.07. The molecule has 0 atom stereocenters. The quantitative estimate of drug-likeness (QED) is 0.310. The van der Waals surface area contributed by atoms with Crippen molar-refractivity contribution < 1.29 is 19.3 Å². The summed E-state index contributed by atoms with van der Waals surface area (Å²) in [6.07, 6.45) is 1.37. The van der Waals surface area contributed by atoms with E-state index in [1.807, 2.05) is 0 Å². The number of rotatable bonds is 4. The van der Waals surface area contributed by atoms with Gasteiger partial charge in [0, 0.05) is 17.7 Å². The Hall–Kier alpha value is -4.34. The first-order chi connectivity index (χ1) is 13.9. The zero-order chi connectivity index (χ0) is 20.5. The highest BCUT2D eigenvalue weighted by molar-refractivity contribution is 6.04. The van der Waals surface area contributed by atoms with Crippen LogP contribution in [0.4, 0.5) is 15.8 Å². The summed E-state index contributed by atoms with van der Waals surface area (Å²) < 4.78 is 13.7. The molecule has 2 aromatic heterocycles. The van der Waals surface area contributed by atoms with Crippen LogP contribution in [0.5, 0.6) is 0 Å². The predicted octanol–water partition coefficient (Wildman–Crippen LogP) is 3.64. The molecule has 1 amide bonds. The number of hydrogen-bond donors (Lipinski definition) is 2. The predicted molar refractivity (Wildman–Crippen MR) is 101 cm³/mol. The minimum atomic E-state index is -0.567. The monoisotopic (exact) mass is 393 g/mol. The van der Waals surface area contributed by atoms with Crippen LogP contribution in [0, 0.1) is 15.9 Å². The van der Waals surface area contributed by atoms with Crippen LogP contribution in [0.15, 0.2) is 60.8 Å². The summed E-state index contributed by atoms with van der Waals surface area (Å²) in [6, 6.07) is 12.1. The maximum Gasteiger partial charge on any atom is 0.271 e. The second-order valence-electron chi connectivity index (χ2n) is 6.07. The van der Waals surface area contributed by atoms with Gasteiger partial charge in [-0.15, -0.1) is 0 Å². The number of non-ortho nitro benzene ring substituents is 1. The van der Waals surface area contributed by atoms with E-state index in [2.05, 4.69) is 15.3 Å². The smallest absolute Gasteiger partial charge is 0.271 e. The number of carbonyl (C=O) groups excluding carboxylic acids is 1. The summed E-state index contributed by atoms with van der Waals surface area (Å²) >= 11 is 0. The number of hydrogen-bond acceptors (Lipinski definition) is 6. The Morgan fingerprint density at radius 1 is 1.14 bits per heavy atom. The molecular weight excluding hydrogens is 381 g/mol. The molecule has 0 bridgehead atoms. The maximum atomic E-state index is 13.0. The molecule has 2 aromatic carbocycles. The van der Waals surface area contributed by atoms with Gasteiger partial charge in [-0.3, -0.25) is 19.9 Å². The van der Waals surface area contributed by atoms with Gasteiger partial charge in [0.1, 0.15) is 17.0 Å². The Balaban J connectivity index is 1.59. The van der Waals surface area contributed by atoms with Crippen molar-refractivity contribution in [2.75, 3.05) is 5.32 Å². The standard InChI is InChI=1S/C19H12FN5O4/c20-12-3-1-11(2-4-12)19(26)22-13-5-7-16(21-10-13)18-23-15-8-6-14(25(28)29)9-17(15)24(18)27/h1-10,27H,(H,22,26). The lowest BCUT2D eigenvalue weighted by Crippen LogP contribution is -2.12. The molecule has 0 aliphatic carbocycles. The topological polar surface area (TPSA) is 123 Å². The lowest BCUT2D eigenvalue weighted by Gasteiger charge is -2.06. The third-order valence-electron chi connectivity index (χ3n) is 4.18. The van der Waals surface area contributed by atoms with Gasteiger partial charge >= 0.3 is 0 Å². The summed E-state index contributed by atoms with van der Waals surface area (Å²) in [5, 5.41) is 23.9. The zero-order valence-electron chi connectivity index (χ0n) is 14.6. The van der Waals surface area contributed by atoms with E-state index in [0.717, 1.165) is 4.73 Å². The van der Waals surface area contributed by atoms with E-state index in [1.54, 1.807) is 6.07 Å². The van der Waals surface area contributed by atoms with E-state index in [1.165, 1.54) is 54.7 Å². The van der Waals surface area contributed by atoms with Gasteiger partial charge < -0.3 is 10.5 Å². The fraction of sp³-hybridized carbons (Fsp3) is 0. The van der Waals surface area contributed by atoms with Crippen molar-refractivity contribution in [3.05, 3.63) is 82.3 Å². The number of nitro groups is 1. The molecule has 29 heavy (non-hydrogen) atoms. The van der Waals surface area contributed by atoms with Gasteiger partial charge in [0.05, 0.1) is 22.3 Å². The normalized spacial score (nSPS) is 10.8. The molecule has 9 nitrogen and oxygen atoms in total. The Bertz CT molecular complexity index is 1240. The van der Waals surface area contributed by atoms with Crippen LogP contribution in [0.2, 0.25) is 0 Å². The summed E-state index contributed by atoms with van der Waals surface area (Å²) in [5.41, 5.74) is 1.33. The van der Waals surface area contributed by atoms with Crippen molar-refractivity contribution in [1.82, 2.24) is 14.7 Å². The molecule has 0 aliphatic rings. The van der Waals surface area contributed by atoms with Crippen molar-refractivity contribution in [1.29, 1.82) is 0 Å². The first-order valence-electron chi connectivity index (χ1n) is 8.32. The summed E-state index contributed by atoms with van der Waals surface area (Å²) in [4.78, 5) is 30.9. The first-order valence-corrected chi connectivity index (χ1v) is 8.32. The van der Waals surface area contributed by atoms with Gasteiger partial charge in [-0.2, -0.15) is 4.73 Å². The van der Waals surface area contributed by atoms with E-state index < -0.39 is 16.6 Å². The molecule has 0 unspecified atom stereocenters. The summed E-state index contributed by atoms with van der Waals surface area (Å²) in [7, 11) is 0. The van der Waals surface area contributed by atoms with Crippen molar-refractivity contribution in [2.45, 2.75) is 0 Å². The molecule has 0 aliphatic heterocycles. The van der Waals surface area contributed by atoms with E-state index in [9.17, 15) is 24.5 Å². The van der Waals surface area contributed by atoms with Gasteiger partial charge in [0.15, 0.2) is 5.82 Å². The van der Waals surface area contributed by atoms with Gasteiger partial charge in [-0.05, 0) is 42.5 Å². The molecule has 4 aromatic rings. The van der Waals surface area contributed by atoms with Crippen molar-refractivity contribution >= 4 is 28.3 Å². The fourth-order valence-electron chi connectivity index (χ4n) is 2.74. The third-order valence-corrected chi connectivity index (χ3v) is 4.18. The average Bonchev–Trinajstić information content (AvgIpc) is 3.05. The number of aromatic nitrogens is 3. The number of imidazole rings is 1. The van der Waals surface area contributed by atoms with E-state index >= 15 is 0 Å². The minimum Gasteiger partial charge on any atom is -0.426 e. The highest BCUT2D eigenvalue weighted by Gasteiger charge is 2.17. The number of halogens is 1. The molecule has 4 rings (SSSR count). The Kier molecular flexibility index (Phi) is 4.36. The van der Waals surface area contributed by atoms with Gasteiger partial charge in [0.25, 0.3) is 11.6 Å². The van der Waals surface area contributed by atoms with Crippen LogP contribution in [0.3, 0.4) is 0 Å². The second kappa shape index (κ2) is 7.00. The highest BCUT2D eigenvalue weighted by atomic mass is 19.1. The zero-order valence-corrected chi connectivity index (χ0v) is 14.6. The van der Waals surface area contributed by atoms with Crippen LogP contribution < -0.4 is 5.32 Å². The minimum absolute atomic E-state index is 0.0944. The molecule has 144 valence electrons. The summed E-state index contributed by atoms with van der Waals surface area (Å²) in [5.74, 6) is -0.775. The lowest BCUT2D eigenvalue weighted by atomic mass is 10.2. The molecule has 0 spiro atoms. The summed E-state index contributed by atoms with van der Waals surface area (Å²) in [6.45, 7) is 0. The lowest BCUT2D eigenvalue weighted by molar-refractivity contribution is -0.384. The molecule has 0 saturated carbocycles. The van der Waals surface area contributed by atoms with E-state index in [4.69, 9.17) is 0 Å². The number of nitrogens with zero attached hydrogens (tertiary/aromatic N) is 4. The molecule has 0 saturated heterocycles. The first kappa shape index (κ1) is 18.0. The van der Waals surface area contributed by atoms with Crippen LogP contribution in [0.1, 0.15) is 10.4 Å². The number of nitro benzene ring substituents is 1. The number of amides is 1. The number of nitrogens with one attached hydrogen (secondary N) is 1. The molecule has 2 N–H and O–H groups in total. The number of fused-ring (bicyclic) bond motifs is 1. The van der Waals surface area contributed by atoms with Crippen LogP contribution in [-0.2, 0) is 0 Å². The molecule has 2 heterocycles. The molecule has 10 heteroatoms. The van der Waals surface area contributed by atoms with E-state index in [0.29, 0.717) is 16.9 Å². The number of pyridine rings is 1. The largest absolute Gasteiger partial charge is 0.426 e. The number of benzene rings is 2. The number of anilines is 1.